The van der Waals surface area contributed by atoms with E-state index in [9.17, 15) is 9.59 Å². The van der Waals surface area contributed by atoms with Crippen molar-refractivity contribution in [3.05, 3.63) is 87.4 Å². The first-order valence-electron chi connectivity index (χ1n) is 8.81. The second-order valence-electron chi connectivity index (χ2n) is 6.35. The van der Waals surface area contributed by atoms with Crippen LogP contribution in [0.3, 0.4) is 0 Å². The van der Waals surface area contributed by atoms with Crippen LogP contribution in [0.1, 0.15) is 15.9 Å². The topological polar surface area (TPSA) is 64.6 Å². The molecule has 0 fully saturated rings. The van der Waals surface area contributed by atoms with Gasteiger partial charge in [0.15, 0.2) is 17.3 Å². The van der Waals surface area contributed by atoms with E-state index >= 15 is 0 Å². The van der Waals surface area contributed by atoms with Crippen LogP contribution in [0.15, 0.2) is 71.2 Å². The monoisotopic (exact) mass is 471 g/mol. The highest BCUT2D eigenvalue weighted by Crippen LogP contribution is 2.32. The van der Waals surface area contributed by atoms with E-state index in [1.165, 1.54) is 0 Å². The molecule has 1 atom stereocenters. The van der Waals surface area contributed by atoms with Crippen LogP contribution in [-0.2, 0) is 4.79 Å². The van der Waals surface area contributed by atoms with Gasteiger partial charge < -0.3 is 14.8 Å². The van der Waals surface area contributed by atoms with Crippen molar-refractivity contribution in [3.8, 4) is 11.5 Å². The zero-order chi connectivity index (χ0) is 20.4. The van der Waals surface area contributed by atoms with Gasteiger partial charge in [-0.15, -0.1) is 0 Å². The minimum Gasteiger partial charge on any atom is -0.485 e. The predicted molar refractivity (Wildman–Crippen MR) is 114 cm³/mol. The number of carbonyl (C=O) groups is 2. The first-order valence-corrected chi connectivity index (χ1v) is 9.98. The summed E-state index contributed by atoms with van der Waals surface area (Å²) < 4.78 is 12.0. The Morgan fingerprint density at radius 3 is 2.48 bits per heavy atom. The molecule has 1 heterocycles. The van der Waals surface area contributed by atoms with Gasteiger partial charge in [-0.05, 0) is 42.5 Å². The van der Waals surface area contributed by atoms with Gasteiger partial charge in [0.25, 0.3) is 5.91 Å². The molecular weight excluding hydrogens is 458 g/mol. The summed E-state index contributed by atoms with van der Waals surface area (Å²) in [5.41, 5.74) is 1.04. The summed E-state index contributed by atoms with van der Waals surface area (Å²) in [6.45, 7) is 0.0766. The van der Waals surface area contributed by atoms with E-state index in [2.05, 4.69) is 21.2 Å². The molecule has 0 bridgehead atoms. The second kappa shape index (κ2) is 8.27. The number of para-hydroxylation sites is 2. The molecule has 3 aromatic rings. The Labute approximate surface area is 180 Å². The summed E-state index contributed by atoms with van der Waals surface area (Å²) in [7, 11) is 0. The number of rotatable bonds is 4. The maximum Gasteiger partial charge on any atom is 0.269 e. The largest absolute Gasteiger partial charge is 0.485 e. The van der Waals surface area contributed by atoms with E-state index in [1.807, 2.05) is 6.07 Å². The maximum absolute atomic E-state index is 13.0. The number of amides is 1. The van der Waals surface area contributed by atoms with Crippen molar-refractivity contribution in [2.45, 2.75) is 6.10 Å². The number of anilines is 1. The summed E-state index contributed by atoms with van der Waals surface area (Å²) in [5.74, 6) is 0.394. The van der Waals surface area contributed by atoms with Crippen molar-refractivity contribution >= 4 is 44.9 Å². The first-order chi connectivity index (χ1) is 14.0. The summed E-state index contributed by atoms with van der Waals surface area (Å²) in [6, 6.07) is 19.0. The first kappa shape index (κ1) is 19.5. The highest BCUT2D eigenvalue weighted by Gasteiger charge is 2.28. The molecule has 0 aliphatic carbocycles. The van der Waals surface area contributed by atoms with Crippen LogP contribution in [0.25, 0.3) is 0 Å². The fourth-order valence-corrected chi connectivity index (χ4v) is 3.55. The van der Waals surface area contributed by atoms with Gasteiger partial charge >= 0.3 is 0 Å². The Balaban J connectivity index is 1.59. The third-order valence-corrected chi connectivity index (χ3v) is 5.23. The number of hydrogen-bond acceptors (Lipinski definition) is 4. The molecule has 0 spiro atoms. The van der Waals surface area contributed by atoms with Gasteiger partial charge in [0.1, 0.15) is 6.61 Å². The van der Waals surface area contributed by atoms with Gasteiger partial charge in [-0.25, -0.2) is 0 Å². The lowest BCUT2D eigenvalue weighted by molar-refractivity contribution is -0.125. The van der Waals surface area contributed by atoms with Crippen molar-refractivity contribution in [1.82, 2.24) is 0 Å². The summed E-state index contributed by atoms with van der Waals surface area (Å²) in [5, 5.41) is 3.12. The zero-order valence-corrected chi connectivity index (χ0v) is 17.4. The van der Waals surface area contributed by atoms with Crippen molar-refractivity contribution in [2.75, 3.05) is 11.9 Å². The fraction of sp³-hybridized carbons (Fsp3) is 0.0909. The average Bonchev–Trinajstić information content (AvgIpc) is 2.74. The van der Waals surface area contributed by atoms with Gasteiger partial charge in [-0.3, -0.25) is 9.59 Å². The number of hydrogen-bond donors (Lipinski definition) is 1. The quantitative estimate of drug-likeness (QED) is 0.536. The molecule has 29 heavy (non-hydrogen) atoms. The summed E-state index contributed by atoms with van der Waals surface area (Å²) in [4.78, 5) is 25.8. The average molecular weight is 473 g/mol. The normalized spacial score (nSPS) is 14.9. The molecule has 1 aliphatic heterocycles. The summed E-state index contributed by atoms with van der Waals surface area (Å²) in [6.07, 6.45) is -0.836. The molecular formula is C22H15BrClNO4. The van der Waals surface area contributed by atoms with E-state index in [4.69, 9.17) is 21.1 Å². The number of benzene rings is 3. The van der Waals surface area contributed by atoms with Gasteiger partial charge in [-0.1, -0.05) is 51.8 Å². The molecule has 4 rings (SSSR count). The second-order valence-corrected chi connectivity index (χ2v) is 7.68. The van der Waals surface area contributed by atoms with Crippen molar-refractivity contribution in [2.24, 2.45) is 0 Å². The van der Waals surface area contributed by atoms with Crippen LogP contribution in [0.2, 0.25) is 5.02 Å². The lowest BCUT2D eigenvalue weighted by Crippen LogP contribution is -2.40. The van der Waals surface area contributed by atoms with Crippen LogP contribution in [0.4, 0.5) is 5.69 Å². The van der Waals surface area contributed by atoms with E-state index < -0.39 is 12.0 Å². The minimum atomic E-state index is -0.836. The van der Waals surface area contributed by atoms with Gasteiger partial charge in [0, 0.05) is 15.6 Å². The highest BCUT2D eigenvalue weighted by atomic mass is 79.9. The number of ether oxygens (including phenoxy) is 2. The van der Waals surface area contributed by atoms with Crippen molar-refractivity contribution < 1.29 is 19.1 Å². The molecule has 1 unspecified atom stereocenters. The van der Waals surface area contributed by atoms with Crippen LogP contribution in [0.5, 0.6) is 11.5 Å². The molecule has 0 radical (unpaired) electrons. The number of halogens is 2. The number of ketones is 1. The van der Waals surface area contributed by atoms with Crippen LogP contribution >= 0.6 is 27.5 Å². The zero-order valence-electron chi connectivity index (χ0n) is 15.0. The molecule has 0 saturated heterocycles. The molecule has 0 saturated carbocycles. The molecule has 1 aliphatic rings. The molecule has 5 nitrogen and oxygen atoms in total. The van der Waals surface area contributed by atoms with Crippen molar-refractivity contribution in [3.63, 3.8) is 0 Å². The highest BCUT2D eigenvalue weighted by molar-refractivity contribution is 9.10. The summed E-state index contributed by atoms with van der Waals surface area (Å²) >= 11 is 9.55. The van der Waals surface area contributed by atoms with Crippen LogP contribution in [0, 0.1) is 0 Å². The minimum absolute atomic E-state index is 0.0766. The number of nitrogens with one attached hydrogen (secondary N) is 1. The fourth-order valence-electron chi connectivity index (χ4n) is 2.97. The van der Waals surface area contributed by atoms with Gasteiger partial charge in [-0.2, -0.15) is 0 Å². The molecule has 146 valence electrons. The van der Waals surface area contributed by atoms with Crippen LogP contribution < -0.4 is 14.8 Å². The molecule has 1 amide bonds. The molecule has 7 heteroatoms. The number of carbonyl (C=O) groups excluding carboxylic acids is 2. The van der Waals surface area contributed by atoms with E-state index in [0.29, 0.717) is 37.8 Å². The molecule has 1 N–H and O–H groups in total. The van der Waals surface area contributed by atoms with Gasteiger partial charge in [0.05, 0.1) is 10.7 Å². The third-order valence-electron chi connectivity index (χ3n) is 4.40. The van der Waals surface area contributed by atoms with E-state index in [0.717, 1.165) is 0 Å². The lowest BCUT2D eigenvalue weighted by Gasteiger charge is -2.25. The molecule has 3 aromatic carbocycles. The van der Waals surface area contributed by atoms with Crippen molar-refractivity contribution in [1.29, 1.82) is 0 Å². The molecule has 0 aromatic heterocycles. The van der Waals surface area contributed by atoms with E-state index in [-0.39, 0.29) is 12.4 Å². The Morgan fingerprint density at radius 2 is 1.69 bits per heavy atom. The number of fused-ring (bicyclic) bond motifs is 1. The predicted octanol–water partition coefficient (Wildman–Crippen LogP) is 5.11. The van der Waals surface area contributed by atoms with Crippen LogP contribution in [-0.4, -0.2) is 24.4 Å². The maximum atomic E-state index is 13.0. The Hall–Kier alpha value is -2.83. The Kier molecular flexibility index (Phi) is 5.56. The Bertz CT molecular complexity index is 1100. The van der Waals surface area contributed by atoms with Gasteiger partial charge in [0.2, 0.25) is 6.10 Å². The third kappa shape index (κ3) is 4.13. The lowest BCUT2D eigenvalue weighted by atomic mass is 10.0. The van der Waals surface area contributed by atoms with E-state index in [1.54, 1.807) is 60.7 Å². The smallest absolute Gasteiger partial charge is 0.269 e. The SMILES string of the molecule is O=C(c1ccccc1Cl)c1cc(Br)ccc1NC(=O)C1COc2ccccc2O1. The Morgan fingerprint density at radius 1 is 0.966 bits per heavy atom. The standard InChI is InChI=1S/C22H15BrClNO4/c23-13-9-10-17(15(11-13)21(26)14-5-1-2-6-16(14)24)25-22(27)20-12-28-18-7-3-4-8-19(18)29-20/h1-11,20H,12H2,(H,25,27).